The van der Waals surface area contributed by atoms with Crippen molar-refractivity contribution >= 4 is 6.03 Å². The molecule has 2 amide bonds. The Bertz CT molecular complexity index is 832. The second kappa shape index (κ2) is 8.29. The maximum atomic E-state index is 12.5. The van der Waals surface area contributed by atoms with Crippen LogP contribution in [0.3, 0.4) is 0 Å². The van der Waals surface area contributed by atoms with Crippen LogP contribution in [0, 0.1) is 0 Å². The number of hydrogen-bond acceptors (Lipinski definition) is 3. The van der Waals surface area contributed by atoms with Crippen LogP contribution in [0.2, 0.25) is 0 Å². The van der Waals surface area contributed by atoms with Crippen molar-refractivity contribution in [2.24, 2.45) is 0 Å². The summed E-state index contributed by atoms with van der Waals surface area (Å²) < 4.78 is 1.87. The Morgan fingerprint density at radius 3 is 2.58 bits per heavy atom. The number of pyridine rings is 1. The molecule has 0 saturated carbocycles. The maximum Gasteiger partial charge on any atom is 0.317 e. The van der Waals surface area contributed by atoms with Gasteiger partial charge in [0.05, 0.1) is 18.3 Å². The number of urea groups is 1. The molecule has 0 aliphatic rings. The largest absolute Gasteiger partial charge is 0.334 e. The molecule has 6 heteroatoms. The van der Waals surface area contributed by atoms with Gasteiger partial charge in [-0.15, -0.1) is 0 Å². The first-order valence-electron chi connectivity index (χ1n) is 8.61. The summed E-state index contributed by atoms with van der Waals surface area (Å²) in [6.45, 7) is 3.11. The van der Waals surface area contributed by atoms with Crippen molar-refractivity contribution in [2.45, 2.75) is 26.1 Å². The molecular formula is C20H23N5O. The van der Waals surface area contributed by atoms with Gasteiger partial charge in [-0.25, -0.2) is 4.79 Å². The van der Waals surface area contributed by atoms with E-state index in [1.807, 2.05) is 60.3 Å². The topological polar surface area (TPSA) is 63.1 Å². The molecule has 0 bridgehead atoms. The highest BCUT2D eigenvalue weighted by Gasteiger charge is 2.18. The van der Waals surface area contributed by atoms with E-state index in [4.69, 9.17) is 0 Å². The predicted octanol–water partition coefficient (Wildman–Crippen LogP) is 3.23. The van der Waals surface area contributed by atoms with Crippen molar-refractivity contribution in [3.05, 3.63) is 83.9 Å². The summed E-state index contributed by atoms with van der Waals surface area (Å²) in [6, 6.07) is 15.5. The van der Waals surface area contributed by atoms with Gasteiger partial charge in [0, 0.05) is 32.2 Å². The summed E-state index contributed by atoms with van der Waals surface area (Å²) >= 11 is 0. The fourth-order valence-electron chi connectivity index (χ4n) is 2.75. The first-order valence-corrected chi connectivity index (χ1v) is 8.61. The third-order valence-corrected chi connectivity index (χ3v) is 4.46. The van der Waals surface area contributed by atoms with Crippen molar-refractivity contribution in [1.29, 1.82) is 0 Å². The number of rotatable bonds is 6. The van der Waals surface area contributed by atoms with Crippen molar-refractivity contribution in [3.63, 3.8) is 0 Å². The Hall–Kier alpha value is -3.15. The zero-order valence-electron chi connectivity index (χ0n) is 15.0. The first-order chi connectivity index (χ1) is 12.6. The smallest absolute Gasteiger partial charge is 0.317 e. The van der Waals surface area contributed by atoms with Gasteiger partial charge in [-0.2, -0.15) is 5.10 Å². The molecule has 6 nitrogen and oxygen atoms in total. The van der Waals surface area contributed by atoms with Crippen molar-refractivity contribution in [2.75, 3.05) is 7.05 Å². The van der Waals surface area contributed by atoms with Crippen molar-refractivity contribution in [1.82, 2.24) is 25.0 Å². The molecule has 2 aromatic heterocycles. The quantitative estimate of drug-likeness (QED) is 0.743. The maximum absolute atomic E-state index is 12.5. The van der Waals surface area contributed by atoms with E-state index in [0.717, 1.165) is 16.8 Å². The third kappa shape index (κ3) is 4.27. The van der Waals surface area contributed by atoms with E-state index in [9.17, 15) is 4.79 Å². The van der Waals surface area contributed by atoms with Gasteiger partial charge in [0.2, 0.25) is 0 Å². The van der Waals surface area contributed by atoms with Crippen LogP contribution < -0.4 is 5.32 Å². The van der Waals surface area contributed by atoms with Gasteiger partial charge < -0.3 is 10.2 Å². The zero-order valence-corrected chi connectivity index (χ0v) is 15.0. The average molecular weight is 349 g/mol. The van der Waals surface area contributed by atoms with Gasteiger partial charge in [-0.1, -0.05) is 30.3 Å². The fourth-order valence-corrected chi connectivity index (χ4v) is 2.75. The van der Waals surface area contributed by atoms with Crippen LogP contribution in [0.1, 0.15) is 29.8 Å². The Balaban J connectivity index is 1.62. The third-order valence-electron chi connectivity index (χ3n) is 4.46. The highest BCUT2D eigenvalue weighted by atomic mass is 16.2. The summed E-state index contributed by atoms with van der Waals surface area (Å²) in [6.07, 6.45) is 5.43. The molecule has 2 heterocycles. The lowest BCUT2D eigenvalue weighted by atomic mass is 10.1. The van der Waals surface area contributed by atoms with E-state index < -0.39 is 0 Å². The van der Waals surface area contributed by atoms with Crippen LogP contribution in [0.4, 0.5) is 4.79 Å². The summed E-state index contributed by atoms with van der Waals surface area (Å²) in [5, 5.41) is 7.25. The lowest BCUT2D eigenvalue weighted by Crippen LogP contribution is -2.38. The minimum atomic E-state index is -0.128. The summed E-state index contributed by atoms with van der Waals surface area (Å²) in [7, 11) is 1.78. The fraction of sp³-hybridized carbons (Fsp3) is 0.250. The Kier molecular flexibility index (Phi) is 5.63. The molecule has 134 valence electrons. The SMILES string of the molecule is CC(c1ccccn1)N(C)C(=O)NCc1ccccc1Cn1cccn1. The van der Waals surface area contributed by atoms with Crippen LogP contribution in [0.5, 0.6) is 0 Å². The van der Waals surface area contributed by atoms with Crippen LogP contribution >= 0.6 is 0 Å². The lowest BCUT2D eigenvalue weighted by molar-refractivity contribution is 0.193. The zero-order chi connectivity index (χ0) is 18.4. The van der Waals surface area contributed by atoms with Gasteiger partial charge in [-0.05, 0) is 36.2 Å². The van der Waals surface area contributed by atoms with Gasteiger partial charge >= 0.3 is 6.03 Å². The van der Waals surface area contributed by atoms with E-state index in [0.29, 0.717) is 13.1 Å². The molecule has 0 fully saturated rings. The second-order valence-electron chi connectivity index (χ2n) is 6.17. The van der Waals surface area contributed by atoms with Crippen LogP contribution in [0.15, 0.2) is 67.1 Å². The second-order valence-corrected chi connectivity index (χ2v) is 6.17. The average Bonchev–Trinajstić information content (AvgIpc) is 3.19. The Morgan fingerprint density at radius 2 is 1.88 bits per heavy atom. The first kappa shape index (κ1) is 17.7. The van der Waals surface area contributed by atoms with Crippen LogP contribution in [-0.2, 0) is 13.1 Å². The van der Waals surface area contributed by atoms with E-state index in [1.54, 1.807) is 24.3 Å². The molecule has 0 aliphatic carbocycles. The number of aromatic nitrogens is 3. The number of benzene rings is 1. The molecule has 1 aromatic carbocycles. The van der Waals surface area contributed by atoms with Crippen LogP contribution in [0.25, 0.3) is 0 Å². The molecule has 0 radical (unpaired) electrons. The van der Waals surface area contributed by atoms with Gasteiger partial charge in [0.15, 0.2) is 0 Å². The molecule has 26 heavy (non-hydrogen) atoms. The monoisotopic (exact) mass is 349 g/mol. The number of carbonyl (C=O) groups is 1. The van der Waals surface area contributed by atoms with E-state index in [2.05, 4.69) is 21.5 Å². The van der Waals surface area contributed by atoms with Gasteiger partial charge in [-0.3, -0.25) is 9.67 Å². The van der Waals surface area contributed by atoms with Crippen molar-refractivity contribution in [3.8, 4) is 0 Å². The lowest BCUT2D eigenvalue weighted by Gasteiger charge is -2.25. The van der Waals surface area contributed by atoms with Crippen LogP contribution in [-0.4, -0.2) is 32.7 Å². The number of amides is 2. The molecule has 3 aromatic rings. The van der Waals surface area contributed by atoms with Crippen molar-refractivity contribution < 1.29 is 4.79 Å². The minimum Gasteiger partial charge on any atom is -0.334 e. The minimum absolute atomic E-state index is 0.101. The highest BCUT2D eigenvalue weighted by Crippen LogP contribution is 2.16. The molecule has 1 N–H and O–H groups in total. The standard InChI is InChI=1S/C20H23N5O/c1-16(19-10-5-6-11-21-19)24(2)20(26)22-14-17-8-3-4-9-18(17)15-25-13-7-12-23-25/h3-13,16H,14-15H2,1-2H3,(H,22,26). The summed E-state index contributed by atoms with van der Waals surface area (Å²) in [5.41, 5.74) is 3.08. The normalized spacial score (nSPS) is 11.8. The highest BCUT2D eigenvalue weighted by molar-refractivity contribution is 5.74. The number of nitrogens with one attached hydrogen (secondary N) is 1. The molecular weight excluding hydrogens is 326 g/mol. The van der Waals surface area contributed by atoms with E-state index in [1.165, 1.54) is 0 Å². The molecule has 1 unspecified atom stereocenters. The van der Waals surface area contributed by atoms with E-state index >= 15 is 0 Å². The molecule has 0 spiro atoms. The number of hydrogen-bond donors (Lipinski definition) is 1. The number of carbonyl (C=O) groups excluding carboxylic acids is 1. The van der Waals surface area contributed by atoms with Gasteiger partial charge in [0.25, 0.3) is 0 Å². The molecule has 0 saturated heterocycles. The predicted molar refractivity (Wildman–Crippen MR) is 100 cm³/mol. The van der Waals surface area contributed by atoms with Gasteiger partial charge in [0.1, 0.15) is 0 Å². The summed E-state index contributed by atoms with van der Waals surface area (Å²) in [5.74, 6) is 0. The molecule has 0 aliphatic heterocycles. The summed E-state index contributed by atoms with van der Waals surface area (Å²) in [4.78, 5) is 18.5. The number of nitrogens with zero attached hydrogens (tertiary/aromatic N) is 4. The molecule has 3 rings (SSSR count). The Morgan fingerprint density at radius 1 is 1.12 bits per heavy atom. The Labute approximate surface area is 153 Å². The van der Waals surface area contributed by atoms with E-state index in [-0.39, 0.29) is 12.1 Å². The molecule has 1 atom stereocenters.